The summed E-state index contributed by atoms with van der Waals surface area (Å²) in [5, 5.41) is 3.95. The predicted molar refractivity (Wildman–Crippen MR) is 80.9 cm³/mol. The number of nitrogens with one attached hydrogen (secondary N) is 1. The Morgan fingerprint density at radius 2 is 1.91 bits per heavy atom. The molecule has 0 atom stereocenters. The van der Waals surface area contributed by atoms with Crippen LogP contribution >= 0.6 is 0 Å². The molecule has 0 saturated carbocycles. The van der Waals surface area contributed by atoms with Crippen molar-refractivity contribution in [2.24, 2.45) is 5.10 Å². The molecule has 1 aromatic carbocycles. The van der Waals surface area contributed by atoms with Crippen molar-refractivity contribution < 1.29 is 14.3 Å². The third-order valence-electron chi connectivity index (χ3n) is 2.61. The van der Waals surface area contributed by atoms with E-state index in [-0.39, 0.29) is 6.01 Å². The molecular weight excluding hydrogens is 284 g/mol. The summed E-state index contributed by atoms with van der Waals surface area (Å²) in [6.45, 7) is 3.81. The summed E-state index contributed by atoms with van der Waals surface area (Å²) in [5.74, 6) is 0.612. The lowest BCUT2D eigenvalue weighted by molar-refractivity contribution is 0.152. The van der Waals surface area contributed by atoms with Gasteiger partial charge in [-0.05, 0) is 49.7 Å². The number of aromatic nitrogens is 2. The quantitative estimate of drug-likeness (QED) is 0.678. The number of hydrogen-bond acceptors (Lipinski definition) is 6. The largest absolute Gasteiger partial charge is 0.449 e. The fraction of sp³-hybridized carbons (Fsp3) is 0.200. The Kier molecular flexibility index (Phi) is 5.42. The Balaban J connectivity index is 1.99. The summed E-state index contributed by atoms with van der Waals surface area (Å²) in [6.07, 6.45) is 2.63. The van der Waals surface area contributed by atoms with Crippen LogP contribution in [0.15, 0.2) is 47.8 Å². The van der Waals surface area contributed by atoms with Gasteiger partial charge in [-0.1, -0.05) is 0 Å². The number of hydrogen-bond donors (Lipinski definition) is 1. The number of carbonyl (C=O) groups excluding carboxylic acids is 1. The zero-order valence-electron chi connectivity index (χ0n) is 12.3. The summed E-state index contributed by atoms with van der Waals surface area (Å²) in [5.41, 5.74) is 3.81. The highest BCUT2D eigenvalue weighted by molar-refractivity contribution is 5.99. The number of hydrazone groups is 1. The van der Waals surface area contributed by atoms with Gasteiger partial charge in [-0.3, -0.25) is 0 Å². The highest BCUT2D eigenvalue weighted by Crippen LogP contribution is 2.17. The third-order valence-corrected chi connectivity index (χ3v) is 2.61. The molecule has 2 rings (SSSR count). The molecule has 0 bridgehead atoms. The maximum absolute atomic E-state index is 11.2. The summed E-state index contributed by atoms with van der Waals surface area (Å²) < 4.78 is 10.2. The van der Waals surface area contributed by atoms with Crippen molar-refractivity contribution in [3.63, 3.8) is 0 Å². The van der Waals surface area contributed by atoms with Gasteiger partial charge in [-0.15, -0.1) is 0 Å². The number of amides is 1. The lowest BCUT2D eigenvalue weighted by atomic mass is 10.1. The van der Waals surface area contributed by atoms with Gasteiger partial charge in [0.1, 0.15) is 5.75 Å². The van der Waals surface area contributed by atoms with Crippen LogP contribution in [-0.4, -0.2) is 28.4 Å². The monoisotopic (exact) mass is 300 g/mol. The van der Waals surface area contributed by atoms with E-state index in [1.807, 2.05) is 12.1 Å². The van der Waals surface area contributed by atoms with E-state index >= 15 is 0 Å². The van der Waals surface area contributed by atoms with E-state index in [1.54, 1.807) is 44.4 Å². The molecule has 0 aliphatic rings. The van der Waals surface area contributed by atoms with E-state index in [4.69, 9.17) is 9.47 Å². The van der Waals surface area contributed by atoms with Gasteiger partial charge in [0.15, 0.2) is 0 Å². The Morgan fingerprint density at radius 3 is 2.55 bits per heavy atom. The number of carbonyl (C=O) groups is 1. The van der Waals surface area contributed by atoms with Crippen LogP contribution in [0.3, 0.4) is 0 Å². The molecule has 0 fully saturated rings. The average molecular weight is 300 g/mol. The van der Waals surface area contributed by atoms with Crippen LogP contribution in [0.4, 0.5) is 4.79 Å². The molecule has 1 heterocycles. The van der Waals surface area contributed by atoms with E-state index in [0.29, 0.717) is 18.1 Å². The van der Waals surface area contributed by atoms with E-state index in [2.05, 4.69) is 20.5 Å². The first kappa shape index (κ1) is 15.4. The predicted octanol–water partition coefficient (Wildman–Crippen LogP) is 2.74. The van der Waals surface area contributed by atoms with Crippen molar-refractivity contribution in [3.05, 3.63) is 48.3 Å². The van der Waals surface area contributed by atoms with Gasteiger partial charge in [-0.25, -0.2) is 20.2 Å². The van der Waals surface area contributed by atoms with Gasteiger partial charge in [-0.2, -0.15) is 5.10 Å². The number of ether oxygens (including phenoxy) is 2. The summed E-state index contributed by atoms with van der Waals surface area (Å²) in [4.78, 5) is 19.1. The highest BCUT2D eigenvalue weighted by atomic mass is 16.5. The first-order chi connectivity index (χ1) is 10.7. The zero-order chi connectivity index (χ0) is 15.8. The molecule has 0 aliphatic heterocycles. The third kappa shape index (κ3) is 4.55. The number of rotatable bonds is 5. The smallest absolute Gasteiger partial charge is 0.427 e. The Morgan fingerprint density at radius 1 is 1.23 bits per heavy atom. The van der Waals surface area contributed by atoms with Crippen LogP contribution in [0.1, 0.15) is 19.4 Å². The van der Waals surface area contributed by atoms with Crippen LogP contribution in [0.2, 0.25) is 0 Å². The minimum atomic E-state index is -0.581. The molecular formula is C15H16N4O3. The maximum atomic E-state index is 11.2. The Hall–Kier alpha value is -2.96. The van der Waals surface area contributed by atoms with Crippen molar-refractivity contribution in [3.8, 4) is 11.8 Å². The molecule has 0 saturated heterocycles. The normalized spacial score (nSPS) is 10.9. The van der Waals surface area contributed by atoms with Crippen LogP contribution in [0.25, 0.3) is 0 Å². The molecule has 114 valence electrons. The summed E-state index contributed by atoms with van der Waals surface area (Å²) in [7, 11) is 0. The minimum Gasteiger partial charge on any atom is -0.449 e. The molecule has 1 N–H and O–H groups in total. The Bertz CT molecular complexity index is 642. The molecule has 0 unspecified atom stereocenters. The SMILES string of the molecule is CCOC(=O)N/N=C(/C)c1ccc(Oc2ncccn2)cc1. The van der Waals surface area contributed by atoms with Gasteiger partial charge >= 0.3 is 12.1 Å². The second kappa shape index (κ2) is 7.72. The van der Waals surface area contributed by atoms with Crippen LogP contribution < -0.4 is 10.2 Å². The van der Waals surface area contributed by atoms with E-state index in [0.717, 1.165) is 5.56 Å². The Labute approximate surface area is 128 Å². The maximum Gasteiger partial charge on any atom is 0.427 e. The molecule has 22 heavy (non-hydrogen) atoms. The van der Waals surface area contributed by atoms with Crippen LogP contribution in [-0.2, 0) is 4.74 Å². The fourth-order valence-corrected chi connectivity index (χ4v) is 1.57. The molecule has 7 nitrogen and oxygen atoms in total. The van der Waals surface area contributed by atoms with Gasteiger partial charge < -0.3 is 9.47 Å². The molecule has 1 aromatic heterocycles. The van der Waals surface area contributed by atoms with Crippen LogP contribution in [0, 0.1) is 0 Å². The first-order valence-electron chi connectivity index (χ1n) is 6.71. The summed E-state index contributed by atoms with van der Waals surface area (Å²) >= 11 is 0. The standard InChI is InChI=1S/C15H16N4O3/c1-3-21-15(20)19-18-11(2)12-5-7-13(8-6-12)22-14-16-9-4-10-17-14/h4-10H,3H2,1-2H3,(H,19,20)/b18-11-. The van der Waals surface area contributed by atoms with Gasteiger partial charge in [0.25, 0.3) is 0 Å². The molecule has 2 aromatic rings. The van der Waals surface area contributed by atoms with Gasteiger partial charge in [0.2, 0.25) is 0 Å². The molecule has 0 spiro atoms. The van der Waals surface area contributed by atoms with Gasteiger partial charge in [0.05, 0.1) is 12.3 Å². The second-order valence-corrected chi connectivity index (χ2v) is 4.19. The number of nitrogens with zero attached hydrogens (tertiary/aromatic N) is 3. The summed E-state index contributed by atoms with van der Waals surface area (Å²) in [6, 6.07) is 9.19. The first-order valence-corrected chi connectivity index (χ1v) is 6.71. The second-order valence-electron chi connectivity index (χ2n) is 4.19. The van der Waals surface area contributed by atoms with E-state index in [1.165, 1.54) is 0 Å². The van der Waals surface area contributed by atoms with Crippen molar-refractivity contribution in [1.82, 2.24) is 15.4 Å². The van der Waals surface area contributed by atoms with Crippen molar-refractivity contribution in [2.45, 2.75) is 13.8 Å². The molecule has 0 radical (unpaired) electrons. The van der Waals surface area contributed by atoms with Crippen molar-refractivity contribution >= 4 is 11.8 Å². The lowest BCUT2D eigenvalue weighted by Crippen LogP contribution is -2.20. The minimum absolute atomic E-state index is 0.282. The van der Waals surface area contributed by atoms with Crippen molar-refractivity contribution in [1.29, 1.82) is 0 Å². The van der Waals surface area contributed by atoms with Gasteiger partial charge in [0, 0.05) is 12.4 Å². The van der Waals surface area contributed by atoms with E-state index < -0.39 is 6.09 Å². The topological polar surface area (TPSA) is 85.7 Å². The van der Waals surface area contributed by atoms with Crippen molar-refractivity contribution in [2.75, 3.05) is 6.61 Å². The lowest BCUT2D eigenvalue weighted by Gasteiger charge is -2.05. The van der Waals surface area contributed by atoms with E-state index in [9.17, 15) is 4.79 Å². The fourth-order valence-electron chi connectivity index (χ4n) is 1.57. The number of benzene rings is 1. The molecule has 7 heteroatoms. The van der Waals surface area contributed by atoms with Crippen LogP contribution in [0.5, 0.6) is 11.8 Å². The highest BCUT2D eigenvalue weighted by Gasteiger charge is 2.03. The zero-order valence-corrected chi connectivity index (χ0v) is 12.3. The molecule has 0 aliphatic carbocycles. The molecule has 1 amide bonds. The average Bonchev–Trinajstić information content (AvgIpc) is 2.54.